The lowest BCUT2D eigenvalue weighted by Gasteiger charge is -2.41. The molecule has 5 rings (SSSR count). The summed E-state index contributed by atoms with van der Waals surface area (Å²) in [4.78, 5) is 86.9. The number of imide groups is 1. The minimum atomic E-state index is -1.99. The number of hydrogen-bond acceptors (Lipinski definition) is 17. The van der Waals surface area contributed by atoms with E-state index in [4.69, 9.17) is 35.2 Å². The number of aliphatic hydroxyl groups excluding tert-OH is 5. The number of nitrogens with one attached hydrogen (secondary N) is 3. The van der Waals surface area contributed by atoms with Crippen molar-refractivity contribution < 1.29 is 78.0 Å². The number of nitrogens with two attached hydrogens (primary N) is 2. The normalized spacial score (nSPS) is 17.7. The van der Waals surface area contributed by atoms with E-state index in [2.05, 4.69) is 29.8 Å². The molecule has 22 nitrogen and oxygen atoms in total. The van der Waals surface area contributed by atoms with Crippen LogP contribution in [0.1, 0.15) is 301 Å². The van der Waals surface area contributed by atoms with Crippen LogP contribution in [0.3, 0.4) is 0 Å². The van der Waals surface area contributed by atoms with Crippen molar-refractivity contribution in [2.24, 2.45) is 11.7 Å². The van der Waals surface area contributed by atoms with Crippen LogP contribution in [-0.4, -0.2) is 154 Å². The van der Waals surface area contributed by atoms with E-state index < -0.39 is 123 Å². The van der Waals surface area contributed by atoms with Gasteiger partial charge in [-0.3, -0.25) is 14.4 Å². The lowest BCUT2D eigenvalue weighted by atomic mass is 9.96. The maximum absolute atomic E-state index is 16.0. The molecule has 0 bridgehead atoms. The van der Waals surface area contributed by atoms with Gasteiger partial charge in [-0.05, 0) is 78.0 Å². The number of fused-ring (bicyclic) bond motifs is 3. The fourth-order valence-electron chi connectivity index (χ4n) is 14.5. The van der Waals surface area contributed by atoms with Gasteiger partial charge in [0.15, 0.2) is 6.29 Å². The molecule has 3 aromatic carbocycles. The number of unbranched alkanes of at least 4 members (excludes halogenated alkanes) is 33. The lowest BCUT2D eigenvalue weighted by molar-refractivity contribution is -0.304. The number of primary amides is 1. The predicted molar refractivity (Wildman–Crippen MR) is 415 cm³/mol. The number of hydrogen-bond donors (Lipinski definition) is 10. The Balaban J connectivity index is 1.36. The number of esters is 1. The van der Waals surface area contributed by atoms with Gasteiger partial charge in [0.2, 0.25) is 5.91 Å². The molecule has 0 saturated carbocycles. The van der Waals surface area contributed by atoms with Crippen molar-refractivity contribution in [1.29, 1.82) is 0 Å². The SMILES string of the molecule is CCCCCCCCCCCCCCCCCCCCCCCCCC(=O)O[C@H](CCCCCCCCCCCCCC)[C@@H](O)[C@H](CO[C@H]1O[C@H](CO)[C@H](O)[C@H](O)[C@H]1O)N(C(=O)OCc1ccc(N)cc1)C(=O)[C@H](CCCNC(N)=O)NC(=O)[C@@H](NC(=O)OCC1c2ccccc2-c2ccccc21)C(C)C. The predicted octanol–water partition coefficient (Wildman–Crippen LogP) is 15.2. The van der Waals surface area contributed by atoms with Gasteiger partial charge in [-0.2, -0.15) is 0 Å². The summed E-state index contributed by atoms with van der Waals surface area (Å²) in [6, 6.07) is 16.2. The molecular weight excluding hydrogens is 1350 g/mol. The molecule has 1 fully saturated rings. The average Bonchev–Trinajstić information content (AvgIpc) is 1.66. The van der Waals surface area contributed by atoms with Crippen molar-refractivity contribution >= 4 is 41.7 Å². The summed E-state index contributed by atoms with van der Waals surface area (Å²) in [5.74, 6) is -3.62. The number of alkyl carbamates (subject to hydrolysis) is 1. The highest BCUT2D eigenvalue weighted by Crippen LogP contribution is 2.44. The van der Waals surface area contributed by atoms with Crippen LogP contribution in [0, 0.1) is 5.92 Å². The Kier molecular flexibility index (Phi) is 45.5. The summed E-state index contributed by atoms with van der Waals surface area (Å²) in [5.41, 5.74) is 16.3. The Morgan fingerprint density at radius 1 is 0.566 bits per heavy atom. The largest absolute Gasteiger partial charge is 0.460 e. The smallest absolute Gasteiger partial charge is 0.417 e. The van der Waals surface area contributed by atoms with Crippen LogP contribution < -0.4 is 27.4 Å². The number of carbonyl (C=O) groups excluding carboxylic acids is 6. The Hall–Kier alpha value is -6.40. The van der Waals surface area contributed by atoms with E-state index in [0.717, 1.165) is 86.5 Å². The highest BCUT2D eigenvalue weighted by molar-refractivity contribution is 5.98. The molecule has 10 atom stereocenters. The number of rotatable bonds is 58. The Bertz CT molecular complexity index is 2870. The van der Waals surface area contributed by atoms with Gasteiger partial charge in [0, 0.05) is 24.6 Å². The van der Waals surface area contributed by atoms with Crippen molar-refractivity contribution in [1.82, 2.24) is 20.9 Å². The molecule has 6 amide bonds. The molecule has 1 saturated heterocycles. The van der Waals surface area contributed by atoms with Crippen LogP contribution in [-0.2, 0) is 44.7 Å². The lowest BCUT2D eigenvalue weighted by Crippen LogP contribution is -2.63. The van der Waals surface area contributed by atoms with Crippen LogP contribution in [0.4, 0.5) is 20.1 Å². The van der Waals surface area contributed by atoms with E-state index in [1.165, 1.54) is 141 Å². The minimum Gasteiger partial charge on any atom is -0.460 e. The Morgan fingerprint density at radius 2 is 1.04 bits per heavy atom. The van der Waals surface area contributed by atoms with Gasteiger partial charge in [0.05, 0.1) is 19.3 Å². The van der Waals surface area contributed by atoms with Gasteiger partial charge >= 0.3 is 24.2 Å². The van der Waals surface area contributed by atoms with Gasteiger partial charge in [-0.25, -0.2) is 19.3 Å². The summed E-state index contributed by atoms with van der Waals surface area (Å²) in [7, 11) is 0. The molecule has 598 valence electrons. The number of ether oxygens (including phenoxy) is 5. The molecule has 0 unspecified atom stereocenters. The molecule has 2 aliphatic rings. The monoisotopic (exact) mass is 1490 g/mol. The van der Waals surface area contributed by atoms with Crippen molar-refractivity contribution in [3.63, 3.8) is 0 Å². The van der Waals surface area contributed by atoms with E-state index in [1.807, 2.05) is 48.5 Å². The number of amides is 6. The third-order valence-corrected chi connectivity index (χ3v) is 20.9. The van der Waals surface area contributed by atoms with Crippen LogP contribution >= 0.6 is 0 Å². The Labute approximate surface area is 633 Å². The number of anilines is 1. The van der Waals surface area contributed by atoms with Crippen LogP contribution in [0.15, 0.2) is 72.8 Å². The molecule has 106 heavy (non-hydrogen) atoms. The van der Waals surface area contributed by atoms with Crippen LogP contribution in [0.5, 0.6) is 0 Å². The van der Waals surface area contributed by atoms with Crippen molar-refractivity contribution in [2.45, 2.75) is 352 Å². The van der Waals surface area contributed by atoms with Crippen molar-refractivity contribution in [3.8, 4) is 11.1 Å². The standard InChI is InChI=1S/C84H136N6O16/c1-5-7-9-11-13-15-17-19-20-21-22-23-24-25-26-27-28-29-31-33-35-37-39-51-73(92)105-71(50-38-36-34-32-30-18-16-14-12-10-8-6-2)75(93)70(60-102-81-78(96)77(95)76(94)72(57-91)106-81)90(84(101)104-58-62-52-54-63(85)55-53-62)80(98)69(49-44-56-87-82(86)99)88-79(97)74(61(3)4)89-83(100)103-59-68-66-47-42-40-45-64(66)65-46-41-43-48-67(65)68/h40-43,45-48,52-55,61,68-72,74-78,81,91,93-96H,5-39,44,49-51,56-60,85H2,1-4H3,(H,88,97)(H,89,100)(H3,86,87,99)/t69-,70-,71+,72+,74-,75-,76-,77-,78+,81-/m0/s1. The molecule has 1 aliphatic heterocycles. The second-order valence-electron chi connectivity index (χ2n) is 30.0. The summed E-state index contributed by atoms with van der Waals surface area (Å²) in [5, 5.41) is 64.3. The number of nitrogens with zero attached hydrogens (tertiary/aromatic N) is 1. The zero-order chi connectivity index (χ0) is 76.7. The average molecular weight is 1490 g/mol. The molecule has 0 radical (unpaired) electrons. The van der Waals surface area contributed by atoms with Gasteiger partial charge < -0.3 is 76.6 Å². The van der Waals surface area contributed by atoms with Crippen molar-refractivity contribution in [3.05, 3.63) is 89.5 Å². The first-order valence-electron chi connectivity index (χ1n) is 41.0. The fraction of sp³-hybridized carbons (Fsp3) is 0.714. The second kappa shape index (κ2) is 53.4. The number of carbonyl (C=O) groups is 6. The number of urea groups is 1. The van der Waals surface area contributed by atoms with Crippen LogP contribution in [0.2, 0.25) is 0 Å². The molecular formula is C84H136N6O16. The maximum atomic E-state index is 16.0. The first-order valence-corrected chi connectivity index (χ1v) is 41.0. The molecule has 12 N–H and O–H groups in total. The molecule has 1 heterocycles. The van der Waals surface area contributed by atoms with E-state index in [0.29, 0.717) is 35.4 Å². The zero-order valence-electron chi connectivity index (χ0n) is 64.8. The third kappa shape index (κ3) is 33.6. The number of benzene rings is 3. The topological polar surface area (TPSA) is 341 Å². The Morgan fingerprint density at radius 3 is 1.51 bits per heavy atom. The van der Waals surface area contributed by atoms with E-state index in [1.54, 1.807) is 38.1 Å². The van der Waals surface area contributed by atoms with E-state index in [-0.39, 0.29) is 44.8 Å². The number of nitrogen functional groups attached to an aromatic ring is 1. The van der Waals surface area contributed by atoms with Gasteiger partial charge in [0.1, 0.15) is 61.9 Å². The van der Waals surface area contributed by atoms with Crippen molar-refractivity contribution in [2.75, 3.05) is 32.1 Å². The first-order chi connectivity index (χ1) is 51.4. The summed E-state index contributed by atoms with van der Waals surface area (Å²) in [6.07, 6.45) is 25.6. The molecule has 0 aromatic heterocycles. The zero-order valence-corrected chi connectivity index (χ0v) is 64.8. The molecule has 22 heteroatoms. The maximum Gasteiger partial charge on any atom is 0.417 e. The highest BCUT2D eigenvalue weighted by Gasteiger charge is 2.48. The van der Waals surface area contributed by atoms with Gasteiger partial charge in [-0.1, -0.05) is 300 Å². The minimum absolute atomic E-state index is 0.00765. The summed E-state index contributed by atoms with van der Waals surface area (Å²) >= 11 is 0. The fourth-order valence-corrected chi connectivity index (χ4v) is 14.5. The highest BCUT2D eigenvalue weighted by atomic mass is 16.7. The van der Waals surface area contributed by atoms with Gasteiger partial charge in [0.25, 0.3) is 5.91 Å². The molecule has 3 aromatic rings. The third-order valence-electron chi connectivity index (χ3n) is 20.9. The second-order valence-corrected chi connectivity index (χ2v) is 30.0. The van der Waals surface area contributed by atoms with E-state index >= 15 is 9.59 Å². The van der Waals surface area contributed by atoms with Crippen LogP contribution in [0.25, 0.3) is 11.1 Å². The molecule has 0 spiro atoms. The first kappa shape index (κ1) is 90.2. The molecule has 1 aliphatic carbocycles. The van der Waals surface area contributed by atoms with E-state index in [9.17, 15) is 44.7 Å². The summed E-state index contributed by atoms with van der Waals surface area (Å²) in [6.45, 7) is 5.45. The van der Waals surface area contributed by atoms with Gasteiger partial charge in [-0.15, -0.1) is 0 Å². The summed E-state index contributed by atoms with van der Waals surface area (Å²) < 4.78 is 30.0. The quantitative estimate of drug-likeness (QED) is 0.0109. The number of aliphatic hydroxyl groups is 5.